The Balaban J connectivity index is 2.94. The second-order valence-corrected chi connectivity index (χ2v) is 3.02. The van der Waals surface area contributed by atoms with Crippen molar-refractivity contribution in [2.45, 2.75) is 0 Å². The molecule has 0 atom stereocenters. The number of halogens is 1. The maximum Gasteiger partial charge on any atom is 0.379 e. The Labute approximate surface area is 90.8 Å². The summed E-state index contributed by atoms with van der Waals surface area (Å²) in [5, 5.41) is -0.618. The van der Waals surface area contributed by atoms with Gasteiger partial charge in [0, 0.05) is 11.1 Å². The molecule has 78 valence electrons. The highest BCUT2D eigenvalue weighted by atomic mass is 35.5. The molecule has 0 aliphatic heterocycles. The summed E-state index contributed by atoms with van der Waals surface area (Å²) in [6.07, 6.45) is 0. The van der Waals surface area contributed by atoms with E-state index < -0.39 is 17.0 Å². The quantitative estimate of drug-likeness (QED) is 0.339. The van der Waals surface area contributed by atoms with Gasteiger partial charge in [-0.25, -0.2) is 4.79 Å². The van der Waals surface area contributed by atoms with E-state index in [1.54, 1.807) is 0 Å². The Morgan fingerprint density at radius 2 is 1.53 bits per heavy atom. The van der Waals surface area contributed by atoms with Crippen LogP contribution in [0.1, 0.15) is 20.7 Å². The summed E-state index contributed by atoms with van der Waals surface area (Å²) in [6, 6.07) is 5.42. The van der Waals surface area contributed by atoms with Gasteiger partial charge in [-0.3, -0.25) is 9.59 Å². The SMILES string of the molecule is COC(=O)C(=O)c1ccc(C(=O)Cl)cc1. The molecule has 1 aromatic carbocycles. The summed E-state index contributed by atoms with van der Waals surface area (Å²) in [7, 11) is 1.12. The minimum Gasteiger partial charge on any atom is -0.463 e. The van der Waals surface area contributed by atoms with Crippen LogP contribution in [0.25, 0.3) is 0 Å². The van der Waals surface area contributed by atoms with Crippen LogP contribution in [0.4, 0.5) is 0 Å². The first-order valence-electron chi connectivity index (χ1n) is 3.99. The molecule has 0 amide bonds. The van der Waals surface area contributed by atoms with Gasteiger partial charge in [0.1, 0.15) is 0 Å². The van der Waals surface area contributed by atoms with Crippen molar-refractivity contribution < 1.29 is 19.1 Å². The van der Waals surface area contributed by atoms with Gasteiger partial charge in [-0.1, -0.05) is 12.1 Å². The Bertz CT molecular complexity index is 408. The largest absolute Gasteiger partial charge is 0.463 e. The highest BCUT2D eigenvalue weighted by Gasteiger charge is 2.16. The Kier molecular flexibility index (Phi) is 3.57. The van der Waals surface area contributed by atoms with Gasteiger partial charge in [0.2, 0.25) is 0 Å². The second-order valence-electron chi connectivity index (χ2n) is 2.67. The van der Waals surface area contributed by atoms with E-state index in [0.29, 0.717) is 0 Å². The molecule has 0 unspecified atom stereocenters. The highest BCUT2D eigenvalue weighted by molar-refractivity contribution is 6.67. The number of Topliss-reactive ketones (excluding diaryl/α,β-unsaturated/α-hetero) is 1. The summed E-state index contributed by atoms with van der Waals surface area (Å²) >= 11 is 5.21. The average molecular weight is 227 g/mol. The monoisotopic (exact) mass is 226 g/mol. The van der Waals surface area contributed by atoms with Crippen molar-refractivity contribution in [1.82, 2.24) is 0 Å². The van der Waals surface area contributed by atoms with Crippen molar-refractivity contribution in [3.8, 4) is 0 Å². The fourth-order valence-electron chi connectivity index (χ4n) is 0.963. The third kappa shape index (κ3) is 2.63. The number of hydrogen-bond acceptors (Lipinski definition) is 4. The van der Waals surface area contributed by atoms with E-state index in [9.17, 15) is 14.4 Å². The number of methoxy groups -OCH3 is 1. The van der Waals surface area contributed by atoms with E-state index in [1.165, 1.54) is 24.3 Å². The van der Waals surface area contributed by atoms with Crippen LogP contribution < -0.4 is 0 Å². The molecule has 0 fully saturated rings. The predicted octanol–water partition coefficient (Wildman–Crippen LogP) is 1.42. The van der Waals surface area contributed by atoms with Crippen molar-refractivity contribution in [3.63, 3.8) is 0 Å². The zero-order valence-corrected chi connectivity index (χ0v) is 8.58. The van der Waals surface area contributed by atoms with Crippen molar-refractivity contribution >= 4 is 28.6 Å². The number of rotatable bonds is 3. The molecule has 0 aliphatic carbocycles. The molecule has 0 spiro atoms. The lowest BCUT2D eigenvalue weighted by Crippen LogP contribution is -2.15. The summed E-state index contributed by atoms with van der Waals surface area (Å²) < 4.78 is 4.26. The molecular formula is C10H7ClO4. The van der Waals surface area contributed by atoms with Crippen LogP contribution in [-0.2, 0) is 9.53 Å². The van der Waals surface area contributed by atoms with Crippen molar-refractivity contribution in [3.05, 3.63) is 35.4 Å². The Hall–Kier alpha value is -1.68. The molecule has 0 aliphatic rings. The zero-order chi connectivity index (χ0) is 11.4. The van der Waals surface area contributed by atoms with Gasteiger partial charge >= 0.3 is 5.97 Å². The van der Waals surface area contributed by atoms with Gasteiger partial charge in [0.15, 0.2) is 0 Å². The van der Waals surface area contributed by atoms with Crippen molar-refractivity contribution in [2.75, 3.05) is 7.11 Å². The third-order valence-corrected chi connectivity index (χ3v) is 1.96. The summed E-state index contributed by atoms with van der Waals surface area (Å²) in [5.41, 5.74) is 0.418. The van der Waals surface area contributed by atoms with Gasteiger partial charge in [0.25, 0.3) is 11.0 Å². The van der Waals surface area contributed by atoms with Gasteiger partial charge in [-0.15, -0.1) is 0 Å². The molecule has 15 heavy (non-hydrogen) atoms. The molecule has 0 heterocycles. The summed E-state index contributed by atoms with van der Waals surface area (Å²) in [4.78, 5) is 32.8. The lowest BCUT2D eigenvalue weighted by molar-refractivity contribution is -0.135. The van der Waals surface area contributed by atoms with Crippen LogP contribution in [0.3, 0.4) is 0 Å². The van der Waals surface area contributed by atoms with Gasteiger partial charge in [-0.05, 0) is 23.7 Å². The molecule has 5 heteroatoms. The van der Waals surface area contributed by atoms with Gasteiger partial charge in [0.05, 0.1) is 7.11 Å². The first-order chi connectivity index (χ1) is 7.06. The van der Waals surface area contributed by atoms with E-state index in [0.717, 1.165) is 7.11 Å². The predicted molar refractivity (Wildman–Crippen MR) is 53.0 cm³/mol. The molecule has 0 aromatic heterocycles. The number of esters is 1. The van der Waals surface area contributed by atoms with E-state index in [-0.39, 0.29) is 11.1 Å². The maximum absolute atomic E-state index is 11.3. The van der Waals surface area contributed by atoms with Crippen LogP contribution in [0, 0.1) is 0 Å². The molecule has 0 saturated carbocycles. The van der Waals surface area contributed by atoms with Gasteiger partial charge < -0.3 is 4.74 Å². The number of carbonyl (C=O) groups excluding carboxylic acids is 3. The highest BCUT2D eigenvalue weighted by Crippen LogP contribution is 2.08. The Morgan fingerprint density at radius 1 is 1.07 bits per heavy atom. The Morgan fingerprint density at radius 3 is 1.93 bits per heavy atom. The molecule has 1 rings (SSSR count). The molecule has 0 bridgehead atoms. The average Bonchev–Trinajstić information content (AvgIpc) is 2.27. The fraction of sp³-hybridized carbons (Fsp3) is 0.100. The van der Waals surface area contributed by atoms with Crippen LogP contribution in [0.2, 0.25) is 0 Å². The van der Waals surface area contributed by atoms with Gasteiger partial charge in [-0.2, -0.15) is 0 Å². The van der Waals surface area contributed by atoms with Crippen LogP contribution in [0.15, 0.2) is 24.3 Å². The van der Waals surface area contributed by atoms with E-state index in [1.807, 2.05) is 0 Å². The van der Waals surface area contributed by atoms with E-state index in [4.69, 9.17) is 11.6 Å². The molecular weight excluding hydrogens is 220 g/mol. The summed E-state index contributed by atoms with van der Waals surface area (Å²) in [6.45, 7) is 0. The van der Waals surface area contributed by atoms with E-state index >= 15 is 0 Å². The van der Waals surface area contributed by atoms with Crippen LogP contribution >= 0.6 is 11.6 Å². The standard InChI is InChI=1S/C10H7ClO4/c1-15-10(14)8(12)6-2-4-7(5-3-6)9(11)13/h2-5H,1H3. The summed E-state index contributed by atoms with van der Waals surface area (Å²) in [5.74, 6) is -1.70. The zero-order valence-electron chi connectivity index (χ0n) is 7.82. The number of carbonyl (C=O) groups is 3. The minimum atomic E-state index is -0.944. The topological polar surface area (TPSA) is 60.4 Å². The smallest absolute Gasteiger partial charge is 0.379 e. The molecule has 4 nitrogen and oxygen atoms in total. The minimum absolute atomic E-state index is 0.156. The van der Waals surface area contributed by atoms with Crippen molar-refractivity contribution in [1.29, 1.82) is 0 Å². The lowest BCUT2D eigenvalue weighted by atomic mass is 10.1. The molecule has 0 saturated heterocycles. The normalized spacial score (nSPS) is 9.47. The molecule has 1 aromatic rings. The first-order valence-corrected chi connectivity index (χ1v) is 4.36. The second kappa shape index (κ2) is 4.70. The van der Waals surface area contributed by atoms with Crippen LogP contribution in [0.5, 0.6) is 0 Å². The first kappa shape index (κ1) is 11.4. The maximum atomic E-state index is 11.3. The van der Waals surface area contributed by atoms with E-state index in [2.05, 4.69) is 4.74 Å². The third-order valence-electron chi connectivity index (χ3n) is 1.74. The number of benzene rings is 1. The van der Waals surface area contributed by atoms with Crippen LogP contribution in [-0.4, -0.2) is 24.1 Å². The number of ether oxygens (including phenoxy) is 1. The molecule has 0 radical (unpaired) electrons. The van der Waals surface area contributed by atoms with Crippen molar-refractivity contribution in [2.24, 2.45) is 0 Å². The number of hydrogen-bond donors (Lipinski definition) is 0. The number of ketones is 1. The lowest BCUT2D eigenvalue weighted by Gasteiger charge is -1.99. The molecule has 0 N–H and O–H groups in total. The fourth-order valence-corrected chi connectivity index (χ4v) is 1.09.